The van der Waals surface area contributed by atoms with Crippen molar-refractivity contribution in [2.45, 2.75) is 12.8 Å². The Balaban J connectivity index is 2.11. The molecule has 0 aliphatic carbocycles. The highest BCUT2D eigenvalue weighted by atomic mass is 16.5. The molecule has 2 rings (SSSR count). The molecule has 1 aromatic carbocycles. The van der Waals surface area contributed by atoms with Crippen LogP contribution in [0.2, 0.25) is 0 Å². The van der Waals surface area contributed by atoms with Crippen LogP contribution in [0.4, 0.5) is 0 Å². The summed E-state index contributed by atoms with van der Waals surface area (Å²) in [5.74, 6) is -0.924. The number of nitrogens with zero attached hydrogens (tertiary/aromatic N) is 1. The summed E-state index contributed by atoms with van der Waals surface area (Å²) in [5, 5.41) is 9.27. The predicted octanol–water partition coefficient (Wildman–Crippen LogP) is 2.64. The van der Waals surface area contributed by atoms with E-state index in [1.807, 2.05) is 31.2 Å². The number of hydrogen-bond acceptors (Lipinski definition) is 3. The van der Waals surface area contributed by atoms with Crippen molar-refractivity contribution in [1.29, 1.82) is 0 Å². The number of carboxylic acid groups (broad SMARTS) is 1. The average Bonchev–Trinajstić information content (AvgIpc) is 2.42. The summed E-state index contributed by atoms with van der Waals surface area (Å²) in [6.07, 6.45) is 3.17. The SMILES string of the molecule is Cc1ccccc1OCC(C(=O)O)c1cccnc1. The number of rotatable bonds is 5. The fourth-order valence-corrected chi connectivity index (χ4v) is 1.78. The molecule has 0 fully saturated rings. The van der Waals surface area contributed by atoms with Gasteiger partial charge in [0.05, 0.1) is 0 Å². The summed E-state index contributed by atoms with van der Waals surface area (Å²) in [6.45, 7) is 2.01. The number of carboxylic acids is 1. The van der Waals surface area contributed by atoms with E-state index in [-0.39, 0.29) is 6.61 Å². The molecule has 1 atom stereocenters. The first kappa shape index (κ1) is 13.1. The lowest BCUT2D eigenvalue weighted by atomic mass is 10.0. The zero-order chi connectivity index (χ0) is 13.7. The van der Waals surface area contributed by atoms with E-state index in [4.69, 9.17) is 4.74 Å². The van der Waals surface area contributed by atoms with Gasteiger partial charge in [0.25, 0.3) is 0 Å². The number of carbonyl (C=O) groups is 1. The quantitative estimate of drug-likeness (QED) is 0.894. The Kier molecular flexibility index (Phi) is 4.13. The van der Waals surface area contributed by atoms with Crippen LogP contribution in [0.1, 0.15) is 17.0 Å². The van der Waals surface area contributed by atoms with Crippen LogP contribution in [0.5, 0.6) is 5.75 Å². The van der Waals surface area contributed by atoms with Crippen molar-refractivity contribution < 1.29 is 14.6 Å². The molecule has 0 spiro atoms. The summed E-state index contributed by atoms with van der Waals surface area (Å²) in [4.78, 5) is 15.2. The molecule has 1 N–H and O–H groups in total. The largest absolute Gasteiger partial charge is 0.492 e. The molecule has 0 saturated heterocycles. The van der Waals surface area contributed by atoms with Gasteiger partial charge in [-0.1, -0.05) is 24.3 Å². The van der Waals surface area contributed by atoms with Crippen LogP contribution in [0.15, 0.2) is 48.8 Å². The highest BCUT2D eigenvalue weighted by Gasteiger charge is 2.21. The van der Waals surface area contributed by atoms with Crippen LogP contribution in [-0.4, -0.2) is 22.7 Å². The number of aromatic nitrogens is 1. The van der Waals surface area contributed by atoms with Crippen molar-refractivity contribution in [3.8, 4) is 5.75 Å². The van der Waals surface area contributed by atoms with Crippen molar-refractivity contribution >= 4 is 5.97 Å². The van der Waals surface area contributed by atoms with Gasteiger partial charge >= 0.3 is 5.97 Å². The van der Waals surface area contributed by atoms with Gasteiger partial charge in [-0.25, -0.2) is 0 Å². The lowest BCUT2D eigenvalue weighted by Crippen LogP contribution is -2.19. The van der Waals surface area contributed by atoms with Gasteiger partial charge in [-0.15, -0.1) is 0 Å². The minimum absolute atomic E-state index is 0.0892. The number of ether oxygens (including phenoxy) is 1. The van der Waals surface area contributed by atoms with Crippen LogP contribution in [0.25, 0.3) is 0 Å². The van der Waals surface area contributed by atoms with Crippen LogP contribution in [-0.2, 0) is 4.79 Å². The Bertz CT molecular complexity index is 554. The fourth-order valence-electron chi connectivity index (χ4n) is 1.78. The Morgan fingerprint density at radius 1 is 1.32 bits per heavy atom. The third-order valence-corrected chi connectivity index (χ3v) is 2.88. The van der Waals surface area contributed by atoms with E-state index in [1.54, 1.807) is 24.5 Å². The summed E-state index contributed by atoms with van der Waals surface area (Å²) in [6, 6.07) is 11.0. The number of pyridine rings is 1. The van der Waals surface area contributed by atoms with Gasteiger partial charge in [0.15, 0.2) is 0 Å². The molecule has 98 valence electrons. The van der Waals surface area contributed by atoms with Gasteiger partial charge in [-0.2, -0.15) is 0 Å². The molecule has 2 aromatic rings. The van der Waals surface area contributed by atoms with Crippen LogP contribution >= 0.6 is 0 Å². The molecule has 1 aromatic heterocycles. The number of hydrogen-bond donors (Lipinski definition) is 1. The number of para-hydroxylation sites is 1. The van der Waals surface area contributed by atoms with E-state index in [9.17, 15) is 9.90 Å². The number of benzene rings is 1. The van der Waals surface area contributed by atoms with Gasteiger partial charge in [0.1, 0.15) is 18.3 Å². The molecule has 0 aliphatic heterocycles. The fraction of sp³-hybridized carbons (Fsp3) is 0.200. The Morgan fingerprint density at radius 2 is 2.11 bits per heavy atom. The highest BCUT2D eigenvalue weighted by Crippen LogP contribution is 2.20. The normalized spacial score (nSPS) is 11.8. The van der Waals surface area contributed by atoms with Crippen molar-refractivity contribution in [2.24, 2.45) is 0 Å². The van der Waals surface area contributed by atoms with E-state index >= 15 is 0 Å². The Labute approximate surface area is 111 Å². The average molecular weight is 257 g/mol. The predicted molar refractivity (Wildman–Crippen MR) is 71.3 cm³/mol. The highest BCUT2D eigenvalue weighted by molar-refractivity contribution is 5.76. The van der Waals surface area contributed by atoms with E-state index < -0.39 is 11.9 Å². The summed E-state index contributed by atoms with van der Waals surface area (Å²) >= 11 is 0. The lowest BCUT2D eigenvalue weighted by molar-refractivity contribution is -0.139. The standard InChI is InChI=1S/C15H15NO3/c1-11-5-2-3-7-14(11)19-10-13(15(17)18)12-6-4-8-16-9-12/h2-9,13H,10H2,1H3,(H,17,18). The Hall–Kier alpha value is -2.36. The smallest absolute Gasteiger partial charge is 0.314 e. The van der Waals surface area contributed by atoms with Gasteiger partial charge in [-0.3, -0.25) is 9.78 Å². The molecule has 4 nitrogen and oxygen atoms in total. The molecule has 0 saturated carbocycles. The van der Waals surface area contributed by atoms with Gasteiger partial charge in [-0.05, 0) is 30.2 Å². The monoisotopic (exact) mass is 257 g/mol. The summed E-state index contributed by atoms with van der Waals surface area (Å²) in [5.41, 5.74) is 1.63. The van der Waals surface area contributed by atoms with Gasteiger partial charge in [0.2, 0.25) is 0 Å². The molecule has 0 aliphatic rings. The molecule has 1 heterocycles. The first-order chi connectivity index (χ1) is 9.18. The van der Waals surface area contributed by atoms with Gasteiger partial charge in [0, 0.05) is 12.4 Å². The second-order valence-electron chi connectivity index (χ2n) is 4.25. The molecule has 4 heteroatoms. The van der Waals surface area contributed by atoms with E-state index in [0.29, 0.717) is 11.3 Å². The topological polar surface area (TPSA) is 59.4 Å². The molecule has 0 amide bonds. The maximum Gasteiger partial charge on any atom is 0.314 e. The minimum atomic E-state index is -0.915. The molecular weight excluding hydrogens is 242 g/mol. The molecule has 1 unspecified atom stereocenters. The van der Waals surface area contributed by atoms with E-state index in [1.165, 1.54) is 0 Å². The van der Waals surface area contributed by atoms with Crippen molar-refractivity contribution in [2.75, 3.05) is 6.61 Å². The van der Waals surface area contributed by atoms with Crippen LogP contribution < -0.4 is 4.74 Å². The minimum Gasteiger partial charge on any atom is -0.492 e. The van der Waals surface area contributed by atoms with Crippen LogP contribution in [0, 0.1) is 6.92 Å². The third-order valence-electron chi connectivity index (χ3n) is 2.88. The third kappa shape index (κ3) is 3.31. The maximum atomic E-state index is 11.3. The van der Waals surface area contributed by atoms with Crippen molar-refractivity contribution in [3.05, 3.63) is 59.9 Å². The first-order valence-corrected chi connectivity index (χ1v) is 5.99. The summed E-state index contributed by atoms with van der Waals surface area (Å²) in [7, 11) is 0. The first-order valence-electron chi connectivity index (χ1n) is 5.99. The van der Waals surface area contributed by atoms with Crippen molar-refractivity contribution in [1.82, 2.24) is 4.98 Å². The number of aryl methyl sites for hydroxylation is 1. The lowest BCUT2D eigenvalue weighted by Gasteiger charge is -2.14. The molecular formula is C15H15NO3. The van der Waals surface area contributed by atoms with E-state index in [2.05, 4.69) is 4.98 Å². The van der Waals surface area contributed by atoms with Crippen molar-refractivity contribution in [3.63, 3.8) is 0 Å². The summed E-state index contributed by atoms with van der Waals surface area (Å²) < 4.78 is 5.61. The van der Waals surface area contributed by atoms with E-state index in [0.717, 1.165) is 5.56 Å². The zero-order valence-electron chi connectivity index (χ0n) is 10.6. The second kappa shape index (κ2) is 6.00. The second-order valence-corrected chi connectivity index (χ2v) is 4.25. The van der Waals surface area contributed by atoms with Crippen LogP contribution in [0.3, 0.4) is 0 Å². The molecule has 0 bridgehead atoms. The van der Waals surface area contributed by atoms with Gasteiger partial charge < -0.3 is 9.84 Å². The maximum absolute atomic E-state index is 11.3. The Morgan fingerprint density at radius 3 is 2.74 bits per heavy atom. The number of aliphatic carboxylic acids is 1. The molecule has 19 heavy (non-hydrogen) atoms. The zero-order valence-corrected chi connectivity index (χ0v) is 10.6. The molecule has 0 radical (unpaired) electrons.